The molecule has 0 bridgehead atoms. The van der Waals surface area contributed by atoms with Gasteiger partial charge in [-0.2, -0.15) is 0 Å². The van der Waals surface area contributed by atoms with Crippen molar-refractivity contribution in [2.75, 3.05) is 50.2 Å². The molecule has 0 unspecified atom stereocenters. The van der Waals surface area contributed by atoms with E-state index in [2.05, 4.69) is 20.2 Å². The molecule has 2 N–H and O–H groups in total. The molecular formula is C30H37FN6O5S. The number of carboxylic acid groups (broad SMARTS) is 1. The molecule has 2 aliphatic rings. The van der Waals surface area contributed by atoms with E-state index in [0.717, 1.165) is 29.8 Å². The lowest BCUT2D eigenvalue weighted by Crippen LogP contribution is -2.36. The molecule has 1 aromatic carbocycles. The van der Waals surface area contributed by atoms with E-state index in [1.807, 2.05) is 17.9 Å². The van der Waals surface area contributed by atoms with Crippen molar-refractivity contribution in [3.63, 3.8) is 0 Å². The number of nitrogens with zero attached hydrogens (tertiary/aromatic N) is 5. The zero-order valence-corrected chi connectivity index (χ0v) is 25.2. The number of aliphatic carboxylic acids is 1. The maximum Gasteiger partial charge on any atom is 0.306 e. The Morgan fingerprint density at radius 3 is 2.65 bits per heavy atom. The molecule has 0 saturated carbocycles. The lowest BCUT2D eigenvalue weighted by molar-refractivity contribution is -0.142. The minimum Gasteiger partial charge on any atom is -0.496 e. The van der Waals surface area contributed by atoms with Gasteiger partial charge in [-0.05, 0) is 57.4 Å². The van der Waals surface area contributed by atoms with E-state index in [-0.39, 0.29) is 11.6 Å². The molecule has 2 saturated heterocycles. The highest BCUT2D eigenvalue weighted by molar-refractivity contribution is 7.16. The molecule has 230 valence electrons. The summed E-state index contributed by atoms with van der Waals surface area (Å²) in [6.45, 7) is 5.35. The molecule has 2 aromatic heterocycles. The molecule has 5 rings (SSSR count). The monoisotopic (exact) mass is 612 g/mol. The normalized spacial score (nSPS) is 17.7. The summed E-state index contributed by atoms with van der Waals surface area (Å²) in [6.07, 6.45) is 6.17. The second kappa shape index (κ2) is 14.2. The standard InChI is InChI=1S/C30H37FN6O5S/c1-3-42-18-22-5-4-10-37(22)17-25-27(20-6-7-24(41-2)21(13-20)14-31)34-30(43-25)35-28(38)23-15-33-26(16-32-23)36-11-8-19(9-12-36)29(39)40/h6-7,13,15-16,19,22H,3-5,8-12,14,17-18H2,1-2H3,(H,39,40)(H,34,35,38)/t22-/m1/s1. The number of amides is 1. The number of methoxy groups -OCH3 is 1. The van der Waals surface area contributed by atoms with E-state index in [1.165, 1.54) is 30.8 Å². The molecule has 0 aliphatic carbocycles. The average molecular weight is 613 g/mol. The molecule has 2 fully saturated rings. The Bertz CT molecular complexity index is 1410. The van der Waals surface area contributed by atoms with Gasteiger partial charge in [0.05, 0.1) is 37.7 Å². The molecule has 0 spiro atoms. The third-order valence-electron chi connectivity index (χ3n) is 8.01. The molecule has 43 heavy (non-hydrogen) atoms. The predicted octanol–water partition coefficient (Wildman–Crippen LogP) is 4.63. The zero-order valence-electron chi connectivity index (χ0n) is 24.4. The third kappa shape index (κ3) is 7.28. The summed E-state index contributed by atoms with van der Waals surface area (Å²) < 4.78 is 24.8. The van der Waals surface area contributed by atoms with Gasteiger partial charge in [0.15, 0.2) is 5.13 Å². The zero-order chi connectivity index (χ0) is 30.3. The van der Waals surface area contributed by atoms with Crippen molar-refractivity contribution in [3.8, 4) is 17.0 Å². The Morgan fingerprint density at radius 2 is 1.98 bits per heavy atom. The van der Waals surface area contributed by atoms with Gasteiger partial charge < -0.3 is 19.5 Å². The van der Waals surface area contributed by atoms with Gasteiger partial charge in [0, 0.05) is 48.3 Å². The number of halogens is 1. The van der Waals surface area contributed by atoms with Crippen molar-refractivity contribution in [1.29, 1.82) is 0 Å². The van der Waals surface area contributed by atoms with Gasteiger partial charge in [-0.3, -0.25) is 19.8 Å². The summed E-state index contributed by atoms with van der Waals surface area (Å²) >= 11 is 1.39. The highest BCUT2D eigenvalue weighted by Gasteiger charge is 2.28. The van der Waals surface area contributed by atoms with Crippen LogP contribution in [0.2, 0.25) is 0 Å². The van der Waals surface area contributed by atoms with E-state index in [0.29, 0.717) is 79.7 Å². The number of carboxylic acids is 1. The fraction of sp³-hybridized carbons (Fsp3) is 0.500. The lowest BCUT2D eigenvalue weighted by Gasteiger charge is -2.30. The van der Waals surface area contributed by atoms with Crippen LogP contribution in [0.25, 0.3) is 11.3 Å². The Kier molecular flexibility index (Phi) is 10.2. The largest absolute Gasteiger partial charge is 0.496 e. The third-order valence-corrected chi connectivity index (χ3v) is 8.97. The maximum absolute atomic E-state index is 13.8. The van der Waals surface area contributed by atoms with Gasteiger partial charge in [-0.15, -0.1) is 0 Å². The summed E-state index contributed by atoms with van der Waals surface area (Å²) in [7, 11) is 1.51. The minimum atomic E-state index is -0.771. The van der Waals surface area contributed by atoms with Crippen LogP contribution in [0.4, 0.5) is 15.3 Å². The number of likely N-dealkylation sites (tertiary alicyclic amines) is 1. The van der Waals surface area contributed by atoms with Crippen LogP contribution in [0.5, 0.6) is 5.75 Å². The van der Waals surface area contributed by atoms with Crippen LogP contribution in [-0.2, 0) is 22.8 Å². The molecular weight excluding hydrogens is 575 g/mol. The number of carbonyl (C=O) groups is 2. The topological polar surface area (TPSA) is 130 Å². The maximum atomic E-state index is 13.8. The van der Waals surface area contributed by atoms with Gasteiger partial charge in [0.25, 0.3) is 5.91 Å². The van der Waals surface area contributed by atoms with Crippen molar-refractivity contribution in [3.05, 3.63) is 46.7 Å². The number of hydrogen-bond acceptors (Lipinski definition) is 10. The molecule has 13 heteroatoms. The van der Waals surface area contributed by atoms with Gasteiger partial charge in [0.1, 0.15) is 23.9 Å². The number of aromatic nitrogens is 3. The summed E-state index contributed by atoms with van der Waals surface area (Å²) in [5.74, 6) is -0.475. The number of nitrogens with one attached hydrogen (secondary N) is 1. The van der Waals surface area contributed by atoms with E-state index in [4.69, 9.17) is 14.5 Å². The Balaban J connectivity index is 1.34. The Morgan fingerprint density at radius 1 is 1.16 bits per heavy atom. The van der Waals surface area contributed by atoms with Crippen LogP contribution in [-0.4, -0.2) is 82.8 Å². The summed E-state index contributed by atoms with van der Waals surface area (Å²) in [6, 6.07) is 5.64. The smallest absolute Gasteiger partial charge is 0.306 e. The van der Waals surface area contributed by atoms with Crippen molar-refractivity contribution in [1.82, 2.24) is 19.9 Å². The molecule has 11 nitrogen and oxygen atoms in total. The fourth-order valence-corrected chi connectivity index (χ4v) is 6.62. The number of hydrogen-bond donors (Lipinski definition) is 2. The second-order valence-electron chi connectivity index (χ2n) is 10.7. The van der Waals surface area contributed by atoms with Crippen LogP contribution in [0, 0.1) is 5.92 Å². The number of piperidine rings is 1. The van der Waals surface area contributed by atoms with Crippen LogP contribution in [0.15, 0.2) is 30.6 Å². The first-order chi connectivity index (χ1) is 20.9. The van der Waals surface area contributed by atoms with Crippen molar-refractivity contribution in [2.24, 2.45) is 5.92 Å². The minimum absolute atomic E-state index is 0.142. The van der Waals surface area contributed by atoms with E-state index >= 15 is 0 Å². The second-order valence-corrected chi connectivity index (χ2v) is 11.8. The summed E-state index contributed by atoms with van der Waals surface area (Å²) in [5, 5.41) is 12.5. The van der Waals surface area contributed by atoms with Crippen LogP contribution in [0.3, 0.4) is 0 Å². The molecule has 0 radical (unpaired) electrons. The fourth-order valence-electron chi connectivity index (χ4n) is 5.62. The number of benzene rings is 1. The van der Waals surface area contributed by atoms with Crippen molar-refractivity contribution in [2.45, 2.75) is 51.9 Å². The first-order valence-electron chi connectivity index (χ1n) is 14.6. The number of thiazole rings is 1. The number of carbonyl (C=O) groups excluding carboxylic acids is 1. The van der Waals surface area contributed by atoms with E-state index in [9.17, 15) is 19.1 Å². The Labute approximate surface area is 254 Å². The molecule has 1 atom stereocenters. The summed E-state index contributed by atoms with van der Waals surface area (Å²) in [5.41, 5.74) is 2.01. The molecule has 3 aromatic rings. The van der Waals surface area contributed by atoms with Gasteiger partial charge in [0.2, 0.25) is 0 Å². The first kappa shape index (κ1) is 30.8. The first-order valence-corrected chi connectivity index (χ1v) is 15.4. The van der Waals surface area contributed by atoms with Gasteiger partial charge >= 0.3 is 5.97 Å². The van der Waals surface area contributed by atoms with E-state index in [1.54, 1.807) is 12.1 Å². The SMILES string of the molecule is CCOC[C@H]1CCCN1Cc1sc(NC(=O)c2cnc(N3CCC(C(=O)O)CC3)cn2)nc1-c1ccc(OC)c(CF)c1. The predicted molar refractivity (Wildman–Crippen MR) is 161 cm³/mol. The molecule has 2 aliphatic heterocycles. The lowest BCUT2D eigenvalue weighted by atomic mass is 9.97. The highest BCUT2D eigenvalue weighted by atomic mass is 32.1. The molecule has 4 heterocycles. The quantitative estimate of drug-likeness (QED) is 0.299. The molecule has 1 amide bonds. The average Bonchev–Trinajstić information content (AvgIpc) is 3.65. The number of ether oxygens (including phenoxy) is 2. The number of alkyl halides is 1. The van der Waals surface area contributed by atoms with Gasteiger partial charge in [-0.1, -0.05) is 11.3 Å². The number of anilines is 2. The van der Waals surface area contributed by atoms with Gasteiger partial charge in [-0.25, -0.2) is 19.3 Å². The highest BCUT2D eigenvalue weighted by Crippen LogP contribution is 2.36. The Hall–Kier alpha value is -3.68. The van der Waals surface area contributed by atoms with Crippen molar-refractivity contribution < 1.29 is 28.6 Å². The van der Waals surface area contributed by atoms with E-state index < -0.39 is 18.6 Å². The van der Waals surface area contributed by atoms with Crippen LogP contribution >= 0.6 is 11.3 Å². The number of rotatable bonds is 12. The van der Waals surface area contributed by atoms with Crippen LogP contribution in [0.1, 0.15) is 53.5 Å². The summed E-state index contributed by atoms with van der Waals surface area (Å²) in [4.78, 5) is 43.2. The van der Waals surface area contributed by atoms with Crippen molar-refractivity contribution >= 4 is 34.2 Å². The van der Waals surface area contributed by atoms with Crippen LogP contribution < -0.4 is 15.0 Å².